The largest absolute Gasteiger partial charge is 0.497 e. The molecule has 1 aliphatic rings. The maximum Gasteiger partial charge on any atom is 0.194 e. The van der Waals surface area contributed by atoms with Crippen LogP contribution < -0.4 is 15.0 Å². The SMILES string of the molecule is CCNC(=NCCCOCC)N1CCN(c2ccc(OC)cc2)CC1.I. The van der Waals surface area contributed by atoms with Crippen LogP contribution in [0.25, 0.3) is 0 Å². The first kappa shape index (κ1) is 22.8. The molecule has 0 amide bonds. The summed E-state index contributed by atoms with van der Waals surface area (Å²) in [5.41, 5.74) is 1.25. The summed E-state index contributed by atoms with van der Waals surface area (Å²) in [6, 6.07) is 8.29. The molecule has 1 heterocycles. The normalized spacial score (nSPS) is 14.8. The van der Waals surface area contributed by atoms with Crippen molar-refractivity contribution in [1.82, 2.24) is 10.2 Å². The molecule has 26 heavy (non-hydrogen) atoms. The molecule has 0 aliphatic carbocycles. The summed E-state index contributed by atoms with van der Waals surface area (Å²) in [7, 11) is 1.70. The number of anilines is 1. The summed E-state index contributed by atoms with van der Waals surface area (Å²) in [4.78, 5) is 9.51. The molecule has 7 heteroatoms. The lowest BCUT2D eigenvalue weighted by Crippen LogP contribution is -2.52. The van der Waals surface area contributed by atoms with Gasteiger partial charge in [-0.2, -0.15) is 0 Å². The van der Waals surface area contributed by atoms with Crippen LogP contribution in [0.15, 0.2) is 29.3 Å². The van der Waals surface area contributed by atoms with Crippen LogP contribution in [0, 0.1) is 0 Å². The Kier molecular flexibility index (Phi) is 11.4. The van der Waals surface area contributed by atoms with Gasteiger partial charge in [-0.05, 0) is 44.5 Å². The molecule has 0 atom stereocenters. The molecule has 0 unspecified atom stereocenters. The molecule has 1 saturated heterocycles. The van der Waals surface area contributed by atoms with Gasteiger partial charge in [-0.25, -0.2) is 0 Å². The number of aliphatic imine (C=N–C) groups is 1. The minimum Gasteiger partial charge on any atom is -0.497 e. The fourth-order valence-corrected chi connectivity index (χ4v) is 2.89. The molecule has 0 bridgehead atoms. The van der Waals surface area contributed by atoms with Gasteiger partial charge in [0.1, 0.15) is 5.75 Å². The van der Waals surface area contributed by atoms with Crippen molar-refractivity contribution < 1.29 is 9.47 Å². The van der Waals surface area contributed by atoms with Gasteiger partial charge in [0.15, 0.2) is 5.96 Å². The molecule has 1 aromatic carbocycles. The van der Waals surface area contributed by atoms with Crippen molar-refractivity contribution >= 4 is 35.6 Å². The van der Waals surface area contributed by atoms with Crippen molar-refractivity contribution in [3.63, 3.8) is 0 Å². The van der Waals surface area contributed by atoms with E-state index < -0.39 is 0 Å². The van der Waals surface area contributed by atoms with E-state index >= 15 is 0 Å². The Hall–Kier alpha value is -1.22. The summed E-state index contributed by atoms with van der Waals surface area (Å²) >= 11 is 0. The fourth-order valence-electron chi connectivity index (χ4n) is 2.89. The number of methoxy groups -OCH3 is 1. The van der Waals surface area contributed by atoms with Crippen LogP contribution in [0.3, 0.4) is 0 Å². The van der Waals surface area contributed by atoms with Gasteiger partial charge in [0.05, 0.1) is 7.11 Å². The lowest BCUT2D eigenvalue weighted by Gasteiger charge is -2.37. The van der Waals surface area contributed by atoms with Crippen LogP contribution in [0.5, 0.6) is 5.75 Å². The lowest BCUT2D eigenvalue weighted by molar-refractivity contribution is 0.146. The first-order valence-electron chi connectivity index (χ1n) is 9.28. The third-order valence-electron chi connectivity index (χ3n) is 4.26. The topological polar surface area (TPSA) is 49.3 Å². The standard InChI is InChI=1S/C19H32N4O2.HI/c1-4-20-19(21-11-6-16-25-5-2)23-14-12-22(13-15-23)17-7-9-18(24-3)10-8-17;/h7-10H,4-6,11-16H2,1-3H3,(H,20,21);1H. The third kappa shape index (κ3) is 7.19. The second-order valence-corrected chi connectivity index (χ2v) is 5.96. The fraction of sp³-hybridized carbons (Fsp3) is 0.632. The number of piperazine rings is 1. The number of nitrogens with zero attached hydrogens (tertiary/aromatic N) is 3. The summed E-state index contributed by atoms with van der Waals surface area (Å²) in [5.74, 6) is 1.92. The van der Waals surface area contributed by atoms with Crippen LogP contribution >= 0.6 is 24.0 Å². The number of hydrogen-bond donors (Lipinski definition) is 1. The smallest absolute Gasteiger partial charge is 0.194 e. The van der Waals surface area contributed by atoms with E-state index in [1.165, 1.54) is 5.69 Å². The molecular weight excluding hydrogens is 443 g/mol. The number of hydrogen-bond acceptors (Lipinski definition) is 4. The van der Waals surface area contributed by atoms with Gasteiger partial charge in [-0.15, -0.1) is 24.0 Å². The van der Waals surface area contributed by atoms with Crippen LogP contribution in [0.2, 0.25) is 0 Å². The van der Waals surface area contributed by atoms with Gasteiger partial charge in [0, 0.05) is 58.2 Å². The van der Waals surface area contributed by atoms with E-state index in [1.807, 2.05) is 19.1 Å². The number of rotatable bonds is 8. The summed E-state index contributed by atoms with van der Waals surface area (Å²) < 4.78 is 10.6. The number of benzene rings is 1. The zero-order valence-electron chi connectivity index (χ0n) is 16.2. The van der Waals surface area contributed by atoms with E-state index in [0.29, 0.717) is 0 Å². The first-order valence-corrected chi connectivity index (χ1v) is 9.28. The Morgan fingerprint density at radius 1 is 1.12 bits per heavy atom. The lowest BCUT2D eigenvalue weighted by atomic mass is 10.2. The number of ether oxygens (including phenoxy) is 2. The third-order valence-corrected chi connectivity index (χ3v) is 4.26. The highest BCUT2D eigenvalue weighted by Crippen LogP contribution is 2.20. The Morgan fingerprint density at radius 3 is 2.38 bits per heavy atom. The number of halogens is 1. The monoisotopic (exact) mass is 476 g/mol. The second-order valence-electron chi connectivity index (χ2n) is 5.96. The van der Waals surface area contributed by atoms with Crippen molar-refractivity contribution in [1.29, 1.82) is 0 Å². The van der Waals surface area contributed by atoms with Crippen molar-refractivity contribution in [3.8, 4) is 5.75 Å². The molecule has 0 aromatic heterocycles. The highest BCUT2D eigenvalue weighted by Gasteiger charge is 2.19. The van der Waals surface area contributed by atoms with Crippen LogP contribution in [-0.4, -0.2) is 70.5 Å². The van der Waals surface area contributed by atoms with E-state index in [1.54, 1.807) is 7.11 Å². The highest BCUT2D eigenvalue weighted by molar-refractivity contribution is 14.0. The minimum absolute atomic E-state index is 0. The molecule has 1 aromatic rings. The molecule has 1 fully saturated rings. The zero-order valence-corrected chi connectivity index (χ0v) is 18.6. The summed E-state index contributed by atoms with van der Waals surface area (Å²) in [6.07, 6.45) is 0.967. The van der Waals surface area contributed by atoms with Crippen LogP contribution in [0.1, 0.15) is 20.3 Å². The van der Waals surface area contributed by atoms with Gasteiger partial charge in [0.25, 0.3) is 0 Å². The molecule has 0 spiro atoms. The van der Waals surface area contributed by atoms with Crippen molar-refractivity contribution in [2.75, 3.05) is 64.5 Å². The molecule has 148 valence electrons. The quantitative estimate of drug-likeness (QED) is 0.271. The van der Waals surface area contributed by atoms with E-state index in [0.717, 1.165) is 70.6 Å². The highest BCUT2D eigenvalue weighted by atomic mass is 127. The molecule has 1 aliphatic heterocycles. The van der Waals surface area contributed by atoms with Gasteiger partial charge >= 0.3 is 0 Å². The molecule has 2 rings (SSSR count). The van der Waals surface area contributed by atoms with Crippen LogP contribution in [0.4, 0.5) is 5.69 Å². The molecule has 0 radical (unpaired) electrons. The van der Waals surface area contributed by atoms with E-state index in [9.17, 15) is 0 Å². The Balaban J connectivity index is 0.00000338. The number of guanidine groups is 1. The van der Waals surface area contributed by atoms with E-state index in [-0.39, 0.29) is 24.0 Å². The zero-order chi connectivity index (χ0) is 17.9. The van der Waals surface area contributed by atoms with E-state index in [2.05, 4.69) is 34.2 Å². The Morgan fingerprint density at radius 2 is 1.81 bits per heavy atom. The Bertz CT molecular complexity index is 517. The van der Waals surface area contributed by atoms with E-state index in [4.69, 9.17) is 14.5 Å². The van der Waals surface area contributed by atoms with Crippen molar-refractivity contribution in [2.45, 2.75) is 20.3 Å². The maximum atomic E-state index is 5.38. The number of nitrogens with one attached hydrogen (secondary N) is 1. The summed E-state index contributed by atoms with van der Waals surface area (Å²) in [6.45, 7) is 11.3. The van der Waals surface area contributed by atoms with Gasteiger partial charge in [-0.1, -0.05) is 0 Å². The first-order chi connectivity index (χ1) is 12.3. The van der Waals surface area contributed by atoms with Crippen molar-refractivity contribution in [2.24, 2.45) is 4.99 Å². The van der Waals surface area contributed by atoms with Gasteiger partial charge in [-0.3, -0.25) is 4.99 Å². The maximum absolute atomic E-state index is 5.38. The second kappa shape index (κ2) is 13.0. The van der Waals surface area contributed by atoms with Gasteiger partial charge in [0.2, 0.25) is 0 Å². The predicted molar refractivity (Wildman–Crippen MR) is 119 cm³/mol. The molecular formula is C19H33IN4O2. The van der Waals surface area contributed by atoms with Gasteiger partial charge < -0.3 is 24.6 Å². The molecule has 6 nitrogen and oxygen atoms in total. The van der Waals surface area contributed by atoms with Crippen LogP contribution in [-0.2, 0) is 4.74 Å². The molecule has 0 saturated carbocycles. The summed E-state index contributed by atoms with van der Waals surface area (Å²) in [5, 5.41) is 3.41. The minimum atomic E-state index is 0. The average Bonchev–Trinajstić information content (AvgIpc) is 2.67. The van der Waals surface area contributed by atoms with Crippen molar-refractivity contribution in [3.05, 3.63) is 24.3 Å². The average molecular weight is 476 g/mol. The predicted octanol–water partition coefficient (Wildman–Crippen LogP) is 2.83. The Labute approximate surface area is 175 Å². The molecule has 1 N–H and O–H groups in total.